The van der Waals surface area contributed by atoms with Crippen molar-refractivity contribution in [2.75, 3.05) is 0 Å². The van der Waals surface area contributed by atoms with E-state index in [0.717, 1.165) is 66.4 Å². The van der Waals surface area contributed by atoms with Crippen molar-refractivity contribution in [1.29, 1.82) is 0 Å². The second-order valence-corrected chi connectivity index (χ2v) is 9.54. The first-order chi connectivity index (χ1) is 11.8. The van der Waals surface area contributed by atoms with E-state index >= 15 is 0 Å². The zero-order valence-corrected chi connectivity index (χ0v) is 16.8. The van der Waals surface area contributed by atoms with Gasteiger partial charge in [-0.1, -0.05) is 46.4 Å². The van der Waals surface area contributed by atoms with Gasteiger partial charge in [0, 0.05) is 5.92 Å². The molecular formula is C24H38O. The average molecular weight is 343 g/mol. The quantitative estimate of drug-likeness (QED) is 0.609. The molecular weight excluding hydrogens is 304 g/mol. The summed E-state index contributed by atoms with van der Waals surface area (Å²) < 4.78 is 0. The zero-order valence-electron chi connectivity index (χ0n) is 16.8. The summed E-state index contributed by atoms with van der Waals surface area (Å²) in [5.74, 6) is 4.69. The van der Waals surface area contributed by atoms with Gasteiger partial charge in [0.2, 0.25) is 0 Å². The van der Waals surface area contributed by atoms with Crippen molar-refractivity contribution < 1.29 is 5.11 Å². The van der Waals surface area contributed by atoms with Gasteiger partial charge in [0.25, 0.3) is 0 Å². The average Bonchev–Trinajstić information content (AvgIpc) is 2.57. The summed E-state index contributed by atoms with van der Waals surface area (Å²) in [4.78, 5) is 0. The lowest BCUT2D eigenvalue weighted by atomic mass is 9.57. The van der Waals surface area contributed by atoms with Gasteiger partial charge in [0.05, 0.1) is 5.60 Å². The summed E-state index contributed by atoms with van der Waals surface area (Å²) in [5.41, 5.74) is 1.58. The Hall–Kier alpha value is -0.820. The van der Waals surface area contributed by atoms with Crippen LogP contribution < -0.4 is 0 Å². The molecule has 8 unspecified atom stereocenters. The monoisotopic (exact) mass is 342 g/mol. The van der Waals surface area contributed by atoms with Crippen LogP contribution in [-0.2, 0) is 0 Å². The Morgan fingerprint density at radius 3 is 2.56 bits per heavy atom. The standard InChI is InChI=1S/C24H38O/c1-7-22-20(10-11-23-15(2)9-8-12-24(22,23)25)14-21-13-16(3)17(4)18(5)19(21)6/h7,11,16-22,25H,1-2,8-10,12-14H2,3-6H3. The molecule has 3 aliphatic rings. The summed E-state index contributed by atoms with van der Waals surface area (Å²) >= 11 is 0. The normalized spacial score (nSPS) is 47.8. The molecule has 140 valence electrons. The number of hydrogen-bond acceptors (Lipinski definition) is 1. The molecule has 0 aromatic carbocycles. The minimum Gasteiger partial charge on any atom is -0.385 e. The minimum atomic E-state index is -0.706. The van der Waals surface area contributed by atoms with E-state index in [1.807, 2.05) is 0 Å². The Morgan fingerprint density at radius 2 is 1.88 bits per heavy atom. The second kappa shape index (κ2) is 7.06. The molecule has 2 fully saturated rings. The van der Waals surface area contributed by atoms with E-state index in [-0.39, 0.29) is 5.92 Å². The molecule has 0 saturated heterocycles. The van der Waals surface area contributed by atoms with Gasteiger partial charge in [0.15, 0.2) is 0 Å². The van der Waals surface area contributed by atoms with Gasteiger partial charge in [-0.2, -0.15) is 0 Å². The van der Waals surface area contributed by atoms with Crippen LogP contribution in [0, 0.1) is 41.4 Å². The Kier molecular flexibility index (Phi) is 5.36. The first-order valence-corrected chi connectivity index (χ1v) is 10.5. The van der Waals surface area contributed by atoms with Crippen LogP contribution in [0.2, 0.25) is 0 Å². The lowest BCUT2D eigenvalue weighted by Gasteiger charge is -2.50. The minimum absolute atomic E-state index is 0.182. The first-order valence-electron chi connectivity index (χ1n) is 10.5. The van der Waals surface area contributed by atoms with Crippen LogP contribution in [-0.4, -0.2) is 10.7 Å². The van der Waals surface area contributed by atoms with Gasteiger partial charge in [-0.25, -0.2) is 0 Å². The molecule has 0 bridgehead atoms. The lowest BCUT2D eigenvalue weighted by Crippen LogP contribution is -2.48. The van der Waals surface area contributed by atoms with Crippen LogP contribution in [0.5, 0.6) is 0 Å². The maximum atomic E-state index is 11.5. The molecule has 0 radical (unpaired) electrons. The van der Waals surface area contributed by atoms with Gasteiger partial charge in [0.1, 0.15) is 0 Å². The van der Waals surface area contributed by atoms with E-state index in [2.05, 4.69) is 53.0 Å². The summed E-state index contributed by atoms with van der Waals surface area (Å²) in [6.45, 7) is 18.1. The Balaban J connectivity index is 1.81. The number of rotatable bonds is 3. The lowest BCUT2D eigenvalue weighted by molar-refractivity contribution is -0.0230. The molecule has 0 amide bonds. The Labute approximate surface area is 155 Å². The molecule has 1 nitrogen and oxygen atoms in total. The fourth-order valence-corrected chi connectivity index (χ4v) is 6.28. The summed E-state index contributed by atoms with van der Waals surface area (Å²) in [5, 5.41) is 11.5. The van der Waals surface area contributed by atoms with Crippen molar-refractivity contribution in [1.82, 2.24) is 0 Å². The molecule has 1 N–H and O–H groups in total. The first kappa shape index (κ1) is 19.0. The molecule has 0 spiro atoms. The van der Waals surface area contributed by atoms with Crippen molar-refractivity contribution in [3.05, 3.63) is 36.5 Å². The van der Waals surface area contributed by atoms with Crippen LogP contribution in [0.1, 0.15) is 66.2 Å². The molecule has 0 aliphatic heterocycles. The number of hydrogen-bond donors (Lipinski definition) is 1. The molecule has 0 aromatic rings. The fourth-order valence-electron chi connectivity index (χ4n) is 6.28. The summed E-state index contributed by atoms with van der Waals surface area (Å²) in [6, 6.07) is 0. The maximum absolute atomic E-state index is 11.5. The molecule has 8 atom stereocenters. The van der Waals surface area contributed by atoms with Crippen LogP contribution in [0.3, 0.4) is 0 Å². The molecule has 2 saturated carbocycles. The predicted octanol–water partition coefficient (Wildman–Crippen LogP) is 6.16. The van der Waals surface area contributed by atoms with Gasteiger partial charge in [-0.15, -0.1) is 6.58 Å². The van der Waals surface area contributed by atoms with Gasteiger partial charge in [-0.05, 0) is 85.2 Å². The van der Waals surface area contributed by atoms with E-state index in [0.29, 0.717) is 5.92 Å². The zero-order chi connectivity index (χ0) is 18.4. The number of aliphatic hydroxyl groups is 1. The van der Waals surface area contributed by atoms with Crippen molar-refractivity contribution in [3.63, 3.8) is 0 Å². The Bertz CT molecular complexity index is 558. The predicted molar refractivity (Wildman–Crippen MR) is 107 cm³/mol. The van der Waals surface area contributed by atoms with E-state index in [1.165, 1.54) is 12.8 Å². The van der Waals surface area contributed by atoms with Gasteiger partial charge >= 0.3 is 0 Å². The van der Waals surface area contributed by atoms with Crippen LogP contribution in [0.15, 0.2) is 36.5 Å². The molecule has 0 heterocycles. The van der Waals surface area contributed by atoms with Crippen LogP contribution in [0.25, 0.3) is 0 Å². The van der Waals surface area contributed by atoms with E-state index < -0.39 is 5.60 Å². The van der Waals surface area contributed by atoms with Crippen molar-refractivity contribution >= 4 is 0 Å². The third kappa shape index (κ3) is 3.18. The molecule has 3 rings (SSSR count). The highest BCUT2D eigenvalue weighted by molar-refractivity contribution is 5.42. The fraction of sp³-hybridized carbons (Fsp3) is 0.750. The van der Waals surface area contributed by atoms with Crippen molar-refractivity contribution in [2.24, 2.45) is 41.4 Å². The topological polar surface area (TPSA) is 20.2 Å². The third-order valence-corrected chi connectivity index (χ3v) is 8.40. The second-order valence-electron chi connectivity index (χ2n) is 9.54. The SMILES string of the molecule is C=CC1C(CC2CC(C)C(C)C(C)C2C)CC=C2C(=C)CCCC21O. The number of allylic oxidation sites excluding steroid dienone is 1. The summed E-state index contributed by atoms with van der Waals surface area (Å²) in [7, 11) is 0. The van der Waals surface area contributed by atoms with Gasteiger partial charge < -0.3 is 5.11 Å². The summed E-state index contributed by atoms with van der Waals surface area (Å²) in [6.07, 6.45) is 11.0. The smallest absolute Gasteiger partial charge is 0.0960 e. The molecule has 0 aromatic heterocycles. The van der Waals surface area contributed by atoms with Crippen molar-refractivity contribution in [2.45, 2.75) is 71.8 Å². The van der Waals surface area contributed by atoms with Crippen LogP contribution >= 0.6 is 0 Å². The molecule has 25 heavy (non-hydrogen) atoms. The highest BCUT2D eigenvalue weighted by Crippen LogP contribution is 2.52. The largest absolute Gasteiger partial charge is 0.385 e. The molecule has 3 aliphatic carbocycles. The van der Waals surface area contributed by atoms with E-state index in [9.17, 15) is 5.11 Å². The van der Waals surface area contributed by atoms with Gasteiger partial charge in [-0.3, -0.25) is 0 Å². The van der Waals surface area contributed by atoms with Crippen molar-refractivity contribution in [3.8, 4) is 0 Å². The van der Waals surface area contributed by atoms with E-state index in [4.69, 9.17) is 0 Å². The molecule has 1 heteroatoms. The maximum Gasteiger partial charge on any atom is 0.0960 e. The number of fused-ring (bicyclic) bond motifs is 1. The highest BCUT2D eigenvalue weighted by Gasteiger charge is 2.48. The third-order valence-electron chi connectivity index (χ3n) is 8.40. The van der Waals surface area contributed by atoms with E-state index in [1.54, 1.807) is 0 Å². The van der Waals surface area contributed by atoms with Crippen LogP contribution in [0.4, 0.5) is 0 Å². The Morgan fingerprint density at radius 1 is 1.16 bits per heavy atom. The highest BCUT2D eigenvalue weighted by atomic mass is 16.3.